The fourth-order valence-corrected chi connectivity index (χ4v) is 8.51. The van der Waals surface area contributed by atoms with Crippen LogP contribution in [-0.4, -0.2) is 37.9 Å². The van der Waals surface area contributed by atoms with Gasteiger partial charge in [0.05, 0.1) is 6.61 Å². The quantitative estimate of drug-likeness (QED) is 0.0345. The summed E-state index contributed by atoms with van der Waals surface area (Å²) < 4.78 is 17.5. The molecule has 0 spiro atoms. The summed E-state index contributed by atoms with van der Waals surface area (Å²) in [4.78, 5) is 25.5. The summed E-state index contributed by atoms with van der Waals surface area (Å²) >= 11 is 0. The van der Waals surface area contributed by atoms with E-state index in [0.717, 1.165) is 64.2 Å². The van der Waals surface area contributed by atoms with E-state index in [0.29, 0.717) is 19.4 Å². The van der Waals surface area contributed by atoms with Gasteiger partial charge >= 0.3 is 11.9 Å². The summed E-state index contributed by atoms with van der Waals surface area (Å²) in [5.41, 5.74) is 0. The van der Waals surface area contributed by atoms with Crippen LogP contribution < -0.4 is 0 Å². The third-order valence-corrected chi connectivity index (χ3v) is 13.0. The summed E-state index contributed by atoms with van der Waals surface area (Å²) in [6, 6.07) is 0. The molecule has 0 N–H and O–H groups in total. The maximum absolute atomic E-state index is 12.9. The van der Waals surface area contributed by atoms with Crippen LogP contribution in [0.3, 0.4) is 0 Å². The molecule has 1 unspecified atom stereocenters. The smallest absolute Gasteiger partial charge is 0.306 e. The van der Waals surface area contributed by atoms with Crippen molar-refractivity contribution < 1.29 is 23.8 Å². The van der Waals surface area contributed by atoms with Gasteiger partial charge in [0.1, 0.15) is 6.61 Å². The van der Waals surface area contributed by atoms with Crippen molar-refractivity contribution in [2.45, 2.75) is 309 Å². The van der Waals surface area contributed by atoms with E-state index in [1.807, 2.05) is 0 Å². The number of hydrogen-bond acceptors (Lipinski definition) is 5. The highest BCUT2D eigenvalue weighted by molar-refractivity contribution is 5.70. The van der Waals surface area contributed by atoms with Gasteiger partial charge in [0.2, 0.25) is 0 Å². The van der Waals surface area contributed by atoms with E-state index in [-0.39, 0.29) is 25.2 Å². The zero-order valence-corrected chi connectivity index (χ0v) is 45.6. The molecule has 0 saturated carbocycles. The van der Waals surface area contributed by atoms with Gasteiger partial charge in [-0.25, -0.2) is 0 Å². The zero-order valence-electron chi connectivity index (χ0n) is 45.6. The summed E-state index contributed by atoms with van der Waals surface area (Å²) in [6.07, 6.45) is 75.3. The Morgan fingerprint density at radius 2 is 0.618 bits per heavy atom. The second kappa shape index (κ2) is 58.9. The molecule has 0 aliphatic rings. The van der Waals surface area contributed by atoms with E-state index in [2.05, 4.69) is 81.5 Å². The van der Waals surface area contributed by atoms with Gasteiger partial charge in [0.25, 0.3) is 0 Å². The van der Waals surface area contributed by atoms with Gasteiger partial charge in [0, 0.05) is 19.4 Å². The van der Waals surface area contributed by atoms with Crippen LogP contribution in [0.2, 0.25) is 0 Å². The molecule has 0 aromatic rings. The highest BCUT2D eigenvalue weighted by Gasteiger charge is 2.17. The van der Waals surface area contributed by atoms with Crippen molar-refractivity contribution in [2.75, 3.05) is 19.8 Å². The number of carbonyl (C=O) groups is 2. The van der Waals surface area contributed by atoms with Crippen LogP contribution in [0.25, 0.3) is 0 Å². The highest BCUT2D eigenvalue weighted by Crippen LogP contribution is 2.15. The molecule has 396 valence electrons. The monoisotopic (exact) mass is 951 g/mol. The van der Waals surface area contributed by atoms with Gasteiger partial charge in [-0.15, -0.1) is 0 Å². The number of carbonyl (C=O) groups excluding carboxylic acids is 2. The number of ether oxygens (including phenoxy) is 3. The van der Waals surface area contributed by atoms with E-state index in [4.69, 9.17) is 14.2 Å². The van der Waals surface area contributed by atoms with E-state index in [1.165, 1.54) is 205 Å². The van der Waals surface area contributed by atoms with E-state index in [9.17, 15) is 9.59 Å². The van der Waals surface area contributed by atoms with Gasteiger partial charge in [0.15, 0.2) is 6.10 Å². The van der Waals surface area contributed by atoms with Crippen LogP contribution in [0.4, 0.5) is 0 Å². The molecule has 68 heavy (non-hydrogen) atoms. The van der Waals surface area contributed by atoms with Crippen LogP contribution in [0.1, 0.15) is 303 Å². The molecule has 0 fully saturated rings. The SMILES string of the molecule is CCCCC/C=C\C/C=C\CCCCCCCCCCCCOCC(COC(=O)CCCCCCCCC/C=C\CCCCCCCC)OC(=O)CCCCCCC/C=C\C/C=C\CCCCC. The Morgan fingerprint density at radius 3 is 1.01 bits per heavy atom. The van der Waals surface area contributed by atoms with Gasteiger partial charge in [-0.1, -0.05) is 242 Å². The van der Waals surface area contributed by atoms with E-state index >= 15 is 0 Å². The van der Waals surface area contributed by atoms with Crippen LogP contribution in [0, 0.1) is 0 Å². The maximum Gasteiger partial charge on any atom is 0.306 e. The summed E-state index contributed by atoms with van der Waals surface area (Å²) in [5.74, 6) is -0.408. The molecule has 0 aliphatic carbocycles. The minimum atomic E-state index is -0.548. The lowest BCUT2D eigenvalue weighted by Crippen LogP contribution is -2.30. The first kappa shape index (κ1) is 65.6. The first-order valence-electron chi connectivity index (χ1n) is 29.8. The summed E-state index contributed by atoms with van der Waals surface area (Å²) in [6.45, 7) is 7.79. The number of rotatable bonds is 55. The topological polar surface area (TPSA) is 61.8 Å². The van der Waals surface area contributed by atoms with Crippen molar-refractivity contribution in [1.82, 2.24) is 0 Å². The largest absolute Gasteiger partial charge is 0.462 e. The molecule has 0 radical (unpaired) electrons. The molecule has 5 heteroatoms. The Kier molecular flexibility index (Phi) is 56.8. The normalized spacial score (nSPS) is 12.6. The molecule has 0 heterocycles. The molecule has 0 bridgehead atoms. The van der Waals surface area contributed by atoms with Gasteiger partial charge < -0.3 is 14.2 Å². The number of esters is 2. The fourth-order valence-electron chi connectivity index (χ4n) is 8.51. The standard InChI is InChI=1S/C63H114O5/c1-4-7-10-13-16-19-22-25-28-30-31-32-34-37-40-43-46-49-52-55-58-66-59-61(68-63(65)57-54-51-48-45-42-39-35-27-24-21-18-15-12-9-6-3)60-67-62(64)56-53-50-47-44-41-38-36-33-29-26-23-20-17-14-11-8-5-2/h16,18-19,21,25-29,35,61H,4-15,17,20,22-24,30-34,36-60H2,1-3H3/b19-16-,21-18-,28-25-,29-26-,35-27-. The minimum Gasteiger partial charge on any atom is -0.462 e. The van der Waals surface area contributed by atoms with E-state index in [1.54, 1.807) is 0 Å². The Labute approximate surface area is 424 Å². The molecule has 0 aromatic carbocycles. The average molecular weight is 952 g/mol. The average Bonchev–Trinajstić information content (AvgIpc) is 3.34. The predicted molar refractivity (Wildman–Crippen MR) is 298 cm³/mol. The molecule has 0 amide bonds. The highest BCUT2D eigenvalue weighted by atomic mass is 16.6. The molecule has 0 saturated heterocycles. The van der Waals surface area contributed by atoms with Gasteiger partial charge in [-0.3, -0.25) is 9.59 Å². The van der Waals surface area contributed by atoms with Crippen molar-refractivity contribution >= 4 is 11.9 Å². The first-order valence-corrected chi connectivity index (χ1v) is 29.8. The molecule has 0 aliphatic heterocycles. The van der Waals surface area contributed by atoms with Crippen molar-refractivity contribution in [3.05, 3.63) is 60.8 Å². The van der Waals surface area contributed by atoms with E-state index < -0.39 is 6.10 Å². The van der Waals surface area contributed by atoms with Crippen LogP contribution in [0.15, 0.2) is 60.8 Å². The van der Waals surface area contributed by atoms with Crippen molar-refractivity contribution in [2.24, 2.45) is 0 Å². The Balaban J connectivity index is 4.27. The lowest BCUT2D eigenvalue weighted by atomic mass is 10.1. The third-order valence-electron chi connectivity index (χ3n) is 13.0. The maximum atomic E-state index is 12.9. The fraction of sp³-hybridized carbons (Fsp3) is 0.810. The summed E-state index contributed by atoms with van der Waals surface area (Å²) in [5, 5.41) is 0. The molecule has 0 aromatic heterocycles. The van der Waals surface area contributed by atoms with Crippen molar-refractivity contribution in [1.29, 1.82) is 0 Å². The molecule has 1 atom stereocenters. The summed E-state index contributed by atoms with van der Waals surface area (Å²) in [7, 11) is 0. The lowest BCUT2D eigenvalue weighted by Gasteiger charge is -2.18. The Morgan fingerprint density at radius 1 is 0.324 bits per heavy atom. The zero-order chi connectivity index (χ0) is 49.2. The molecule has 0 rings (SSSR count). The number of unbranched alkanes of at least 4 members (excludes halogenated alkanes) is 34. The predicted octanol–water partition coefficient (Wildman–Crippen LogP) is 20.5. The molecule has 5 nitrogen and oxygen atoms in total. The van der Waals surface area contributed by atoms with Crippen LogP contribution >= 0.6 is 0 Å². The number of hydrogen-bond donors (Lipinski definition) is 0. The Bertz CT molecular complexity index is 1170. The second-order valence-corrected chi connectivity index (χ2v) is 19.9. The second-order valence-electron chi connectivity index (χ2n) is 19.9. The third kappa shape index (κ3) is 56.2. The van der Waals surface area contributed by atoms with Crippen molar-refractivity contribution in [3.8, 4) is 0 Å². The molecular formula is C63H114O5. The first-order chi connectivity index (χ1) is 33.6. The van der Waals surface area contributed by atoms with Crippen LogP contribution in [-0.2, 0) is 23.8 Å². The molecular weight excluding hydrogens is 837 g/mol. The Hall–Kier alpha value is -2.40. The van der Waals surface area contributed by atoms with Crippen LogP contribution in [0.5, 0.6) is 0 Å². The van der Waals surface area contributed by atoms with Crippen molar-refractivity contribution in [3.63, 3.8) is 0 Å². The number of allylic oxidation sites excluding steroid dienone is 10. The van der Waals surface area contributed by atoms with Gasteiger partial charge in [-0.05, 0) is 109 Å². The minimum absolute atomic E-state index is 0.0771. The lowest BCUT2D eigenvalue weighted by molar-refractivity contribution is -0.163. The van der Waals surface area contributed by atoms with Gasteiger partial charge in [-0.2, -0.15) is 0 Å².